The van der Waals surface area contributed by atoms with Crippen LogP contribution in [-0.2, 0) is 9.53 Å². The van der Waals surface area contributed by atoms with Gasteiger partial charge in [0.05, 0.1) is 12.6 Å². The summed E-state index contributed by atoms with van der Waals surface area (Å²) in [6.45, 7) is 3.14. The molecule has 0 aromatic rings. The molecule has 66 valence electrons. The molecule has 1 unspecified atom stereocenters. The van der Waals surface area contributed by atoms with Crippen LogP contribution in [0, 0.1) is 0 Å². The van der Waals surface area contributed by atoms with Crippen LogP contribution in [0.1, 0.15) is 6.92 Å². The zero-order valence-corrected chi connectivity index (χ0v) is 7.31. The maximum absolute atomic E-state index is 10.9. The van der Waals surface area contributed by atoms with Crippen molar-refractivity contribution in [2.75, 3.05) is 27.3 Å². The molecule has 1 atom stereocenters. The first-order valence-electron chi connectivity index (χ1n) is 3.66. The Hall–Kier alpha value is -0.610. The summed E-state index contributed by atoms with van der Waals surface area (Å²) in [5.41, 5.74) is 0. The maximum atomic E-state index is 10.9. The van der Waals surface area contributed by atoms with Crippen LogP contribution in [0.25, 0.3) is 0 Å². The van der Waals surface area contributed by atoms with Crippen LogP contribution in [0.2, 0.25) is 0 Å². The summed E-state index contributed by atoms with van der Waals surface area (Å²) in [4.78, 5) is 10.9. The molecular formula is C7H16N2O2. The summed E-state index contributed by atoms with van der Waals surface area (Å²) in [5, 5.41) is 5.55. The second-order valence-corrected chi connectivity index (χ2v) is 2.28. The summed E-state index contributed by atoms with van der Waals surface area (Å²) in [6.07, 6.45) is 0. The highest BCUT2D eigenvalue weighted by Crippen LogP contribution is 1.79. The van der Waals surface area contributed by atoms with Crippen molar-refractivity contribution in [2.24, 2.45) is 0 Å². The normalized spacial score (nSPS) is 12.6. The Morgan fingerprint density at radius 1 is 1.64 bits per heavy atom. The largest absolute Gasteiger partial charge is 0.383 e. The van der Waals surface area contributed by atoms with Gasteiger partial charge in [-0.2, -0.15) is 0 Å². The van der Waals surface area contributed by atoms with Gasteiger partial charge < -0.3 is 15.4 Å². The van der Waals surface area contributed by atoms with Gasteiger partial charge in [-0.1, -0.05) is 0 Å². The molecule has 0 aromatic carbocycles. The maximum Gasteiger partial charge on any atom is 0.236 e. The van der Waals surface area contributed by atoms with E-state index in [1.165, 1.54) is 0 Å². The zero-order valence-electron chi connectivity index (χ0n) is 7.31. The SMILES string of the molecule is CNC(=O)C(C)NCCOC. The molecule has 0 spiro atoms. The van der Waals surface area contributed by atoms with Crippen LogP contribution >= 0.6 is 0 Å². The Labute approximate surface area is 67.3 Å². The molecule has 0 aliphatic rings. The average Bonchev–Trinajstić information content (AvgIpc) is 2.03. The molecule has 0 bridgehead atoms. The fraction of sp³-hybridized carbons (Fsp3) is 0.857. The average molecular weight is 160 g/mol. The summed E-state index contributed by atoms with van der Waals surface area (Å²) in [5.74, 6) is 0.00102. The fourth-order valence-corrected chi connectivity index (χ4v) is 0.687. The number of hydrogen-bond donors (Lipinski definition) is 2. The first-order valence-corrected chi connectivity index (χ1v) is 3.66. The minimum Gasteiger partial charge on any atom is -0.383 e. The summed E-state index contributed by atoms with van der Waals surface area (Å²) in [7, 11) is 3.25. The molecule has 4 heteroatoms. The Morgan fingerprint density at radius 2 is 2.27 bits per heavy atom. The van der Waals surface area contributed by atoms with Crippen molar-refractivity contribution in [2.45, 2.75) is 13.0 Å². The standard InChI is InChI=1S/C7H16N2O2/c1-6(7(10)8-2)9-4-5-11-3/h6,9H,4-5H2,1-3H3,(H,8,10). The molecule has 0 heterocycles. The minimum atomic E-state index is -0.143. The van der Waals surface area contributed by atoms with E-state index in [2.05, 4.69) is 10.6 Å². The monoisotopic (exact) mass is 160 g/mol. The van der Waals surface area contributed by atoms with Crippen LogP contribution in [0.15, 0.2) is 0 Å². The van der Waals surface area contributed by atoms with Crippen molar-refractivity contribution < 1.29 is 9.53 Å². The van der Waals surface area contributed by atoms with Gasteiger partial charge in [-0.05, 0) is 6.92 Å². The molecule has 0 saturated heterocycles. The first kappa shape index (κ1) is 10.4. The van der Waals surface area contributed by atoms with E-state index in [-0.39, 0.29) is 11.9 Å². The third-order valence-electron chi connectivity index (χ3n) is 1.40. The van der Waals surface area contributed by atoms with Crippen molar-refractivity contribution in [3.63, 3.8) is 0 Å². The number of rotatable bonds is 5. The summed E-state index contributed by atoms with van der Waals surface area (Å²) in [6, 6.07) is -0.143. The van der Waals surface area contributed by atoms with Crippen LogP contribution < -0.4 is 10.6 Å². The number of carbonyl (C=O) groups is 1. The van der Waals surface area contributed by atoms with E-state index in [0.717, 1.165) is 0 Å². The topological polar surface area (TPSA) is 50.4 Å². The fourth-order valence-electron chi connectivity index (χ4n) is 0.687. The van der Waals surface area contributed by atoms with E-state index in [9.17, 15) is 4.79 Å². The predicted molar refractivity (Wildman–Crippen MR) is 43.4 cm³/mol. The first-order chi connectivity index (χ1) is 5.22. The Morgan fingerprint density at radius 3 is 2.73 bits per heavy atom. The van der Waals surface area contributed by atoms with Crippen molar-refractivity contribution >= 4 is 5.91 Å². The Kier molecular flexibility index (Phi) is 5.78. The lowest BCUT2D eigenvalue weighted by atomic mass is 10.3. The summed E-state index contributed by atoms with van der Waals surface area (Å²) >= 11 is 0. The third-order valence-corrected chi connectivity index (χ3v) is 1.40. The van der Waals surface area contributed by atoms with Crippen molar-refractivity contribution in [1.29, 1.82) is 0 Å². The van der Waals surface area contributed by atoms with E-state index < -0.39 is 0 Å². The van der Waals surface area contributed by atoms with E-state index in [1.807, 2.05) is 6.92 Å². The molecule has 4 nitrogen and oxygen atoms in total. The highest BCUT2D eigenvalue weighted by molar-refractivity contribution is 5.80. The third kappa shape index (κ3) is 4.75. The number of methoxy groups -OCH3 is 1. The van der Waals surface area contributed by atoms with Crippen molar-refractivity contribution in [3.8, 4) is 0 Å². The van der Waals surface area contributed by atoms with E-state index in [1.54, 1.807) is 14.2 Å². The zero-order chi connectivity index (χ0) is 8.69. The van der Waals surface area contributed by atoms with Gasteiger partial charge in [-0.25, -0.2) is 0 Å². The number of amides is 1. The van der Waals surface area contributed by atoms with Crippen molar-refractivity contribution in [3.05, 3.63) is 0 Å². The quantitative estimate of drug-likeness (QED) is 0.526. The number of likely N-dealkylation sites (N-methyl/N-ethyl adjacent to an activating group) is 1. The van der Waals surface area contributed by atoms with E-state index in [4.69, 9.17) is 4.74 Å². The Balaban J connectivity index is 3.36. The van der Waals surface area contributed by atoms with Gasteiger partial charge in [0.25, 0.3) is 0 Å². The van der Waals surface area contributed by atoms with Crippen LogP contribution in [0.3, 0.4) is 0 Å². The molecule has 0 rings (SSSR count). The second kappa shape index (κ2) is 6.12. The highest BCUT2D eigenvalue weighted by Gasteiger charge is 2.07. The van der Waals surface area contributed by atoms with Gasteiger partial charge in [0.2, 0.25) is 5.91 Å². The van der Waals surface area contributed by atoms with Gasteiger partial charge in [0.15, 0.2) is 0 Å². The summed E-state index contributed by atoms with van der Waals surface area (Å²) < 4.78 is 4.81. The second-order valence-electron chi connectivity index (χ2n) is 2.28. The van der Waals surface area contributed by atoms with Gasteiger partial charge in [-0.3, -0.25) is 4.79 Å². The molecule has 0 radical (unpaired) electrons. The molecule has 11 heavy (non-hydrogen) atoms. The highest BCUT2D eigenvalue weighted by atomic mass is 16.5. The van der Waals surface area contributed by atoms with Gasteiger partial charge in [-0.15, -0.1) is 0 Å². The molecular weight excluding hydrogens is 144 g/mol. The number of hydrogen-bond acceptors (Lipinski definition) is 3. The molecule has 0 fully saturated rings. The van der Waals surface area contributed by atoms with Gasteiger partial charge in [0.1, 0.15) is 0 Å². The van der Waals surface area contributed by atoms with Crippen LogP contribution in [0.4, 0.5) is 0 Å². The van der Waals surface area contributed by atoms with E-state index in [0.29, 0.717) is 13.2 Å². The van der Waals surface area contributed by atoms with Crippen LogP contribution in [-0.4, -0.2) is 39.3 Å². The van der Waals surface area contributed by atoms with Crippen LogP contribution in [0.5, 0.6) is 0 Å². The van der Waals surface area contributed by atoms with Crippen molar-refractivity contribution in [1.82, 2.24) is 10.6 Å². The molecule has 2 N–H and O–H groups in total. The molecule has 0 aliphatic carbocycles. The minimum absolute atomic E-state index is 0.00102. The smallest absolute Gasteiger partial charge is 0.236 e. The molecule has 0 saturated carbocycles. The van der Waals surface area contributed by atoms with Gasteiger partial charge >= 0.3 is 0 Å². The molecule has 0 aromatic heterocycles. The Bertz CT molecular complexity index is 117. The number of carbonyl (C=O) groups excluding carboxylic acids is 1. The predicted octanol–water partition coefficient (Wildman–Crippen LogP) is -0.643. The number of nitrogens with one attached hydrogen (secondary N) is 2. The lowest BCUT2D eigenvalue weighted by Crippen LogP contribution is -2.41. The lowest BCUT2D eigenvalue weighted by molar-refractivity contribution is -0.122. The molecule has 1 amide bonds. The molecule has 0 aliphatic heterocycles. The lowest BCUT2D eigenvalue weighted by Gasteiger charge is -2.10. The van der Waals surface area contributed by atoms with Gasteiger partial charge in [0, 0.05) is 20.7 Å². The number of ether oxygens (including phenoxy) is 1. The van der Waals surface area contributed by atoms with E-state index >= 15 is 0 Å².